The molecule has 1 saturated heterocycles. The summed E-state index contributed by atoms with van der Waals surface area (Å²) in [5.74, 6) is -0.441. The monoisotopic (exact) mass is 314 g/mol. The molecule has 2 aliphatic rings. The average Bonchev–Trinajstić information content (AvgIpc) is 2.96. The molecule has 4 N–H and O–H groups in total. The molecule has 1 aromatic heterocycles. The van der Waals surface area contributed by atoms with Crippen LogP contribution in [0.25, 0.3) is 0 Å². The fourth-order valence-corrected chi connectivity index (χ4v) is 3.46. The number of nitrogens with two attached hydrogens (primary N) is 1. The number of nitrogens with zero attached hydrogens (tertiary/aromatic N) is 1. The third kappa shape index (κ3) is 3.09. The van der Waals surface area contributed by atoms with Crippen molar-refractivity contribution in [2.75, 3.05) is 13.2 Å². The first kappa shape index (κ1) is 14.5. The van der Waals surface area contributed by atoms with Gasteiger partial charge in [0.1, 0.15) is 4.90 Å². The molecular formula is C12H18N4O4S. The van der Waals surface area contributed by atoms with Gasteiger partial charge in [0, 0.05) is 19.1 Å². The molecule has 0 spiro atoms. The Morgan fingerprint density at radius 1 is 1.43 bits per heavy atom. The van der Waals surface area contributed by atoms with Crippen LogP contribution >= 0.6 is 0 Å². The minimum atomic E-state index is -3.99. The Morgan fingerprint density at radius 2 is 2.19 bits per heavy atom. The van der Waals surface area contributed by atoms with Gasteiger partial charge in [-0.1, -0.05) is 0 Å². The first-order chi connectivity index (χ1) is 9.97. The Balaban J connectivity index is 1.79. The summed E-state index contributed by atoms with van der Waals surface area (Å²) >= 11 is 0. The van der Waals surface area contributed by atoms with Crippen molar-refractivity contribution >= 4 is 15.9 Å². The second-order valence-electron chi connectivity index (χ2n) is 5.48. The second kappa shape index (κ2) is 5.39. The number of carbonyl (C=O) groups is 1. The van der Waals surface area contributed by atoms with Crippen molar-refractivity contribution in [2.45, 2.75) is 42.6 Å². The number of primary sulfonamides is 1. The van der Waals surface area contributed by atoms with Gasteiger partial charge in [-0.05, 0) is 25.7 Å². The standard InChI is InChI=1S/C12H18N4O4S/c13-21(18,19)11-9(7-3-4-7)15-16-10(11)12(17)14-6-8-2-1-5-20-8/h7-8H,1-6H2,(H,14,17)(H,15,16)(H2,13,18,19). The zero-order chi connectivity index (χ0) is 15.0. The molecular weight excluding hydrogens is 296 g/mol. The van der Waals surface area contributed by atoms with E-state index in [1.54, 1.807) is 0 Å². The van der Waals surface area contributed by atoms with E-state index in [0.717, 1.165) is 25.7 Å². The quantitative estimate of drug-likeness (QED) is 0.696. The number of amides is 1. The molecule has 21 heavy (non-hydrogen) atoms. The van der Waals surface area contributed by atoms with Crippen LogP contribution in [0.2, 0.25) is 0 Å². The van der Waals surface area contributed by atoms with Gasteiger partial charge in [0.25, 0.3) is 5.91 Å². The maximum atomic E-state index is 12.2. The number of hydrogen-bond donors (Lipinski definition) is 3. The molecule has 2 fully saturated rings. The summed E-state index contributed by atoms with van der Waals surface area (Å²) < 4.78 is 28.9. The summed E-state index contributed by atoms with van der Waals surface area (Å²) in [6.07, 6.45) is 3.59. The number of ether oxygens (including phenoxy) is 1. The number of nitrogens with one attached hydrogen (secondary N) is 2. The third-order valence-electron chi connectivity index (χ3n) is 3.75. The summed E-state index contributed by atoms with van der Waals surface area (Å²) in [4.78, 5) is 12.0. The summed E-state index contributed by atoms with van der Waals surface area (Å²) in [5.41, 5.74) is 0.289. The molecule has 2 heterocycles. The lowest BCUT2D eigenvalue weighted by Crippen LogP contribution is -2.33. The number of aromatic nitrogens is 2. The van der Waals surface area contributed by atoms with Crippen LogP contribution in [0.4, 0.5) is 0 Å². The second-order valence-corrected chi connectivity index (χ2v) is 6.98. The Labute approximate surface area is 122 Å². The normalized spacial score (nSPS) is 22.4. The highest BCUT2D eigenvalue weighted by molar-refractivity contribution is 7.89. The topological polar surface area (TPSA) is 127 Å². The van der Waals surface area contributed by atoms with Gasteiger partial charge in [0.2, 0.25) is 10.0 Å². The summed E-state index contributed by atoms with van der Waals surface area (Å²) in [6, 6.07) is 0. The minimum absolute atomic E-state index is 0.0197. The molecule has 1 atom stereocenters. The van der Waals surface area contributed by atoms with Crippen molar-refractivity contribution in [3.63, 3.8) is 0 Å². The fraction of sp³-hybridized carbons (Fsp3) is 0.667. The molecule has 1 amide bonds. The predicted molar refractivity (Wildman–Crippen MR) is 73.2 cm³/mol. The Kier molecular flexibility index (Phi) is 3.72. The molecule has 116 valence electrons. The number of rotatable bonds is 5. The maximum absolute atomic E-state index is 12.2. The van der Waals surface area contributed by atoms with Crippen molar-refractivity contribution in [3.05, 3.63) is 11.4 Å². The van der Waals surface area contributed by atoms with E-state index in [4.69, 9.17) is 9.88 Å². The van der Waals surface area contributed by atoms with Gasteiger partial charge in [0.15, 0.2) is 5.69 Å². The highest BCUT2D eigenvalue weighted by Gasteiger charge is 2.36. The first-order valence-corrected chi connectivity index (χ1v) is 8.52. The van der Waals surface area contributed by atoms with Crippen LogP contribution in [-0.2, 0) is 14.8 Å². The number of aromatic amines is 1. The molecule has 1 aliphatic carbocycles. The van der Waals surface area contributed by atoms with Gasteiger partial charge >= 0.3 is 0 Å². The van der Waals surface area contributed by atoms with Crippen LogP contribution in [0.15, 0.2) is 4.90 Å². The lowest BCUT2D eigenvalue weighted by Gasteiger charge is -2.10. The number of carbonyl (C=O) groups excluding carboxylic acids is 1. The Bertz CT molecular complexity index is 644. The highest BCUT2D eigenvalue weighted by Crippen LogP contribution is 2.42. The van der Waals surface area contributed by atoms with Crippen molar-refractivity contribution in [2.24, 2.45) is 5.14 Å². The first-order valence-electron chi connectivity index (χ1n) is 6.97. The van der Waals surface area contributed by atoms with Crippen LogP contribution in [0.1, 0.15) is 47.8 Å². The third-order valence-corrected chi connectivity index (χ3v) is 4.73. The van der Waals surface area contributed by atoms with E-state index in [1.165, 1.54) is 0 Å². The van der Waals surface area contributed by atoms with E-state index < -0.39 is 15.9 Å². The van der Waals surface area contributed by atoms with E-state index in [1.807, 2.05) is 0 Å². The van der Waals surface area contributed by atoms with Crippen LogP contribution < -0.4 is 10.5 Å². The van der Waals surface area contributed by atoms with E-state index >= 15 is 0 Å². The summed E-state index contributed by atoms with van der Waals surface area (Å²) in [5, 5.41) is 14.4. The number of sulfonamides is 1. The van der Waals surface area contributed by atoms with E-state index in [0.29, 0.717) is 18.8 Å². The lowest BCUT2D eigenvalue weighted by atomic mass is 10.2. The Morgan fingerprint density at radius 3 is 2.76 bits per heavy atom. The molecule has 1 aliphatic heterocycles. The van der Waals surface area contributed by atoms with Crippen molar-refractivity contribution in [1.29, 1.82) is 0 Å². The zero-order valence-electron chi connectivity index (χ0n) is 11.5. The molecule has 1 aromatic rings. The smallest absolute Gasteiger partial charge is 0.273 e. The molecule has 3 rings (SSSR count). The highest BCUT2D eigenvalue weighted by atomic mass is 32.2. The predicted octanol–water partition coefficient (Wildman–Crippen LogP) is -0.157. The molecule has 8 nitrogen and oxygen atoms in total. The number of H-pyrrole nitrogens is 1. The van der Waals surface area contributed by atoms with Gasteiger partial charge in [-0.2, -0.15) is 5.10 Å². The van der Waals surface area contributed by atoms with Gasteiger partial charge in [-0.15, -0.1) is 0 Å². The van der Waals surface area contributed by atoms with Crippen molar-refractivity contribution in [1.82, 2.24) is 15.5 Å². The average molecular weight is 314 g/mol. The van der Waals surface area contributed by atoms with Crippen LogP contribution in [0.3, 0.4) is 0 Å². The van der Waals surface area contributed by atoms with Gasteiger partial charge in [-0.25, -0.2) is 13.6 Å². The van der Waals surface area contributed by atoms with E-state index in [2.05, 4.69) is 15.5 Å². The molecule has 1 unspecified atom stereocenters. The molecule has 1 saturated carbocycles. The summed E-state index contributed by atoms with van der Waals surface area (Å²) in [6.45, 7) is 1.03. The SMILES string of the molecule is NS(=O)(=O)c1c(C(=O)NCC2CCCO2)n[nH]c1C1CC1. The van der Waals surface area contributed by atoms with Crippen LogP contribution in [0, 0.1) is 0 Å². The lowest BCUT2D eigenvalue weighted by molar-refractivity contribution is 0.0851. The fourth-order valence-electron chi connectivity index (χ4n) is 2.53. The summed E-state index contributed by atoms with van der Waals surface area (Å²) in [7, 11) is -3.99. The van der Waals surface area contributed by atoms with Crippen LogP contribution in [-0.4, -0.2) is 43.8 Å². The van der Waals surface area contributed by atoms with Crippen LogP contribution in [0.5, 0.6) is 0 Å². The van der Waals surface area contributed by atoms with Gasteiger partial charge in [-0.3, -0.25) is 9.89 Å². The zero-order valence-corrected chi connectivity index (χ0v) is 12.3. The van der Waals surface area contributed by atoms with Crippen molar-refractivity contribution < 1.29 is 17.9 Å². The van der Waals surface area contributed by atoms with Gasteiger partial charge < -0.3 is 10.1 Å². The van der Waals surface area contributed by atoms with Gasteiger partial charge in [0.05, 0.1) is 11.8 Å². The molecule has 9 heteroatoms. The largest absolute Gasteiger partial charge is 0.376 e. The maximum Gasteiger partial charge on any atom is 0.273 e. The molecule has 0 bridgehead atoms. The minimum Gasteiger partial charge on any atom is -0.376 e. The molecule has 0 aromatic carbocycles. The van der Waals surface area contributed by atoms with E-state index in [-0.39, 0.29) is 22.6 Å². The Hall–Kier alpha value is -1.45. The van der Waals surface area contributed by atoms with Crippen molar-refractivity contribution in [3.8, 4) is 0 Å². The molecule has 0 radical (unpaired) electrons. The number of hydrogen-bond acceptors (Lipinski definition) is 5. The van der Waals surface area contributed by atoms with E-state index in [9.17, 15) is 13.2 Å².